The summed E-state index contributed by atoms with van der Waals surface area (Å²) in [6.07, 6.45) is 2.04. The molecule has 0 aromatic carbocycles. The van der Waals surface area contributed by atoms with E-state index < -0.39 is 0 Å². The molecule has 0 aromatic heterocycles. The third-order valence-corrected chi connectivity index (χ3v) is 1.36. The molecule has 4 N–H and O–H groups in total. The Morgan fingerprint density at radius 1 is 1.00 bits per heavy atom. The highest BCUT2D eigenvalue weighted by Gasteiger charge is 1.96. The van der Waals surface area contributed by atoms with Gasteiger partial charge in [0, 0.05) is 12.8 Å². The summed E-state index contributed by atoms with van der Waals surface area (Å²) >= 11 is 0. The van der Waals surface area contributed by atoms with Gasteiger partial charge in [0.1, 0.15) is 19.8 Å². The molecule has 0 unspecified atom stereocenters. The molecule has 0 saturated carbocycles. The molecule has 0 rings (SSSR count). The Kier molecular flexibility index (Phi) is 6.43. The summed E-state index contributed by atoms with van der Waals surface area (Å²) in [6.45, 7) is 7.29. The Hall–Kier alpha value is -0.410. The SMILES string of the molecule is C=[N+](CCCN)CCCN. The van der Waals surface area contributed by atoms with Crippen LogP contribution < -0.4 is 11.5 Å². The summed E-state index contributed by atoms with van der Waals surface area (Å²) in [5, 5.41) is 0. The third kappa shape index (κ3) is 5.72. The Morgan fingerprint density at radius 2 is 1.40 bits per heavy atom. The average Bonchev–Trinajstić information content (AvgIpc) is 1.97. The third-order valence-electron chi connectivity index (χ3n) is 1.36. The van der Waals surface area contributed by atoms with E-state index in [1.54, 1.807) is 0 Å². The van der Waals surface area contributed by atoms with Crippen LogP contribution in [0.2, 0.25) is 0 Å². The van der Waals surface area contributed by atoms with Crippen LogP contribution in [0.15, 0.2) is 0 Å². The number of rotatable bonds is 6. The molecular formula is C7H18N3+. The summed E-state index contributed by atoms with van der Waals surface area (Å²) in [5.41, 5.74) is 10.7. The Morgan fingerprint density at radius 3 is 1.70 bits per heavy atom. The van der Waals surface area contributed by atoms with Crippen molar-refractivity contribution in [3.63, 3.8) is 0 Å². The van der Waals surface area contributed by atoms with Gasteiger partial charge in [-0.25, -0.2) is 4.58 Å². The second-order valence-corrected chi connectivity index (χ2v) is 2.40. The van der Waals surface area contributed by atoms with Gasteiger partial charge in [0.15, 0.2) is 0 Å². The highest BCUT2D eigenvalue weighted by molar-refractivity contribution is 5.14. The maximum absolute atomic E-state index is 5.33. The molecule has 0 radical (unpaired) electrons. The zero-order chi connectivity index (χ0) is 7.82. The van der Waals surface area contributed by atoms with Crippen molar-refractivity contribution in [2.45, 2.75) is 12.8 Å². The van der Waals surface area contributed by atoms with Crippen LogP contribution in [0.3, 0.4) is 0 Å². The second kappa shape index (κ2) is 6.71. The van der Waals surface area contributed by atoms with Crippen molar-refractivity contribution in [3.05, 3.63) is 0 Å². The number of hydrogen-bond acceptors (Lipinski definition) is 2. The molecule has 0 aromatic rings. The molecule has 10 heavy (non-hydrogen) atoms. The van der Waals surface area contributed by atoms with E-state index in [-0.39, 0.29) is 0 Å². The van der Waals surface area contributed by atoms with Crippen molar-refractivity contribution in [1.29, 1.82) is 0 Å². The van der Waals surface area contributed by atoms with Gasteiger partial charge < -0.3 is 11.5 Å². The molecule has 0 saturated heterocycles. The highest BCUT2D eigenvalue weighted by Crippen LogP contribution is 1.81. The molecule has 0 fully saturated rings. The van der Waals surface area contributed by atoms with E-state index in [9.17, 15) is 0 Å². The molecule has 0 aliphatic heterocycles. The zero-order valence-electron chi connectivity index (χ0n) is 6.55. The normalized spacial score (nSPS) is 9.80. The fourth-order valence-electron chi connectivity index (χ4n) is 0.742. The van der Waals surface area contributed by atoms with Crippen LogP contribution in [0.1, 0.15) is 12.8 Å². The molecule has 3 nitrogen and oxygen atoms in total. The van der Waals surface area contributed by atoms with Crippen molar-refractivity contribution in [2.24, 2.45) is 11.5 Å². The maximum atomic E-state index is 5.33. The monoisotopic (exact) mass is 144 g/mol. The Labute approximate surface area is 62.7 Å². The van der Waals surface area contributed by atoms with E-state index >= 15 is 0 Å². The lowest BCUT2D eigenvalue weighted by molar-refractivity contribution is -0.519. The van der Waals surface area contributed by atoms with Crippen LogP contribution in [-0.2, 0) is 0 Å². The van der Waals surface area contributed by atoms with E-state index in [2.05, 4.69) is 6.72 Å². The fraction of sp³-hybridized carbons (Fsp3) is 0.857. The minimum Gasteiger partial charge on any atom is -0.330 e. The van der Waals surface area contributed by atoms with Gasteiger partial charge in [-0.05, 0) is 13.1 Å². The van der Waals surface area contributed by atoms with Gasteiger partial charge in [0.2, 0.25) is 0 Å². The lowest BCUT2D eigenvalue weighted by atomic mass is 10.4. The number of hydrogen-bond donors (Lipinski definition) is 2. The number of nitrogens with two attached hydrogens (primary N) is 2. The second-order valence-electron chi connectivity index (χ2n) is 2.40. The van der Waals surface area contributed by atoms with E-state index in [0.29, 0.717) is 0 Å². The first-order chi connectivity index (χ1) is 4.81. The summed E-state index contributed by atoms with van der Waals surface area (Å²) < 4.78 is 2.01. The van der Waals surface area contributed by atoms with E-state index in [1.807, 2.05) is 4.58 Å². The molecule has 0 heterocycles. The molecule has 0 aliphatic rings. The predicted molar refractivity (Wildman–Crippen MR) is 44.5 cm³/mol. The van der Waals surface area contributed by atoms with Crippen LogP contribution in [-0.4, -0.2) is 37.5 Å². The zero-order valence-corrected chi connectivity index (χ0v) is 6.55. The molecule has 60 valence electrons. The van der Waals surface area contributed by atoms with Crippen LogP contribution in [0.4, 0.5) is 0 Å². The van der Waals surface area contributed by atoms with Crippen LogP contribution in [0, 0.1) is 0 Å². The topological polar surface area (TPSA) is 55.0 Å². The number of nitrogens with zero attached hydrogens (tertiary/aromatic N) is 1. The first-order valence-corrected chi connectivity index (χ1v) is 3.77. The van der Waals surface area contributed by atoms with Crippen LogP contribution >= 0.6 is 0 Å². The molecule has 0 aliphatic carbocycles. The largest absolute Gasteiger partial charge is 0.330 e. The minimum absolute atomic E-state index is 0.745. The smallest absolute Gasteiger partial charge is 0.143 e. The van der Waals surface area contributed by atoms with Gasteiger partial charge in [0.25, 0.3) is 0 Å². The minimum atomic E-state index is 0.745. The van der Waals surface area contributed by atoms with E-state index in [1.165, 1.54) is 0 Å². The lowest BCUT2D eigenvalue weighted by Crippen LogP contribution is -2.18. The van der Waals surface area contributed by atoms with Gasteiger partial charge in [-0.3, -0.25) is 0 Å². The van der Waals surface area contributed by atoms with Gasteiger partial charge in [-0.1, -0.05) is 0 Å². The Bertz CT molecular complexity index is 80.9. The van der Waals surface area contributed by atoms with E-state index in [4.69, 9.17) is 11.5 Å². The lowest BCUT2D eigenvalue weighted by Gasteiger charge is -1.98. The highest BCUT2D eigenvalue weighted by atomic mass is 15.0. The maximum Gasteiger partial charge on any atom is 0.143 e. The fourth-order valence-corrected chi connectivity index (χ4v) is 0.742. The van der Waals surface area contributed by atoms with Crippen molar-refractivity contribution in [1.82, 2.24) is 0 Å². The standard InChI is InChI=1S/C7H18N3/c1-10(6-2-4-8)7-3-5-9/h1-9H2/q+1. The summed E-state index contributed by atoms with van der Waals surface area (Å²) in [7, 11) is 0. The summed E-state index contributed by atoms with van der Waals surface area (Å²) in [5.74, 6) is 0. The first kappa shape index (κ1) is 9.59. The van der Waals surface area contributed by atoms with Crippen LogP contribution in [0.25, 0.3) is 0 Å². The van der Waals surface area contributed by atoms with Gasteiger partial charge in [-0.2, -0.15) is 0 Å². The summed E-state index contributed by atoms with van der Waals surface area (Å²) in [4.78, 5) is 0. The molecule has 0 atom stereocenters. The van der Waals surface area contributed by atoms with Gasteiger partial charge >= 0.3 is 0 Å². The summed E-state index contributed by atoms with van der Waals surface area (Å²) in [6, 6.07) is 0. The van der Waals surface area contributed by atoms with Gasteiger partial charge in [0.05, 0.1) is 0 Å². The van der Waals surface area contributed by atoms with Crippen molar-refractivity contribution >= 4 is 6.72 Å². The molecule has 0 bridgehead atoms. The van der Waals surface area contributed by atoms with Crippen LogP contribution in [0.5, 0.6) is 0 Å². The van der Waals surface area contributed by atoms with Crippen molar-refractivity contribution < 1.29 is 4.58 Å². The molecule has 3 heteroatoms. The van der Waals surface area contributed by atoms with Crippen molar-refractivity contribution in [2.75, 3.05) is 26.2 Å². The van der Waals surface area contributed by atoms with E-state index in [0.717, 1.165) is 39.0 Å². The first-order valence-electron chi connectivity index (χ1n) is 3.77. The Balaban J connectivity index is 3.09. The molecule has 0 amide bonds. The average molecular weight is 144 g/mol. The predicted octanol–water partition coefficient (Wildman–Crippen LogP) is -0.603. The molecular weight excluding hydrogens is 126 g/mol. The quantitative estimate of drug-likeness (QED) is 0.386. The molecule has 0 spiro atoms. The van der Waals surface area contributed by atoms with Gasteiger partial charge in [-0.15, -0.1) is 0 Å². The van der Waals surface area contributed by atoms with Crippen molar-refractivity contribution in [3.8, 4) is 0 Å².